The predicted molar refractivity (Wildman–Crippen MR) is 56.6 cm³/mol. The first-order valence-electron chi connectivity index (χ1n) is 4.98. The largest absolute Gasteiger partial charge is 0.467 e. The number of aromatic nitrogens is 3. The number of rotatable bonds is 4. The summed E-state index contributed by atoms with van der Waals surface area (Å²) < 4.78 is 4.90. The van der Waals surface area contributed by atoms with Crippen LogP contribution < -0.4 is 15.8 Å². The van der Waals surface area contributed by atoms with Crippen LogP contribution in [0.4, 0.5) is 11.9 Å². The van der Waals surface area contributed by atoms with Gasteiger partial charge in [0.25, 0.3) is 0 Å². The minimum Gasteiger partial charge on any atom is -0.467 e. The van der Waals surface area contributed by atoms with Gasteiger partial charge in [0.1, 0.15) is 0 Å². The highest BCUT2D eigenvalue weighted by Crippen LogP contribution is 2.37. The van der Waals surface area contributed by atoms with Crippen LogP contribution in [0.2, 0.25) is 0 Å². The van der Waals surface area contributed by atoms with Crippen LogP contribution in [0.5, 0.6) is 6.01 Å². The van der Waals surface area contributed by atoms with E-state index in [1.54, 1.807) is 0 Å². The van der Waals surface area contributed by atoms with Crippen molar-refractivity contribution in [2.75, 3.05) is 24.7 Å². The molecule has 0 bridgehead atoms. The van der Waals surface area contributed by atoms with Gasteiger partial charge >= 0.3 is 6.01 Å². The van der Waals surface area contributed by atoms with Gasteiger partial charge in [-0.2, -0.15) is 15.0 Å². The number of hydrogen-bond donors (Lipinski definition) is 2. The first-order chi connectivity index (χ1) is 7.19. The molecular weight excluding hydrogens is 194 g/mol. The molecule has 1 aliphatic carbocycles. The normalized spacial score (nSPS) is 23.6. The van der Waals surface area contributed by atoms with E-state index in [-0.39, 0.29) is 12.0 Å². The molecular formula is C9H15N5O. The molecule has 1 aromatic heterocycles. The van der Waals surface area contributed by atoms with Crippen molar-refractivity contribution < 1.29 is 4.74 Å². The fourth-order valence-electron chi connectivity index (χ4n) is 1.45. The Morgan fingerprint density at radius 2 is 2.20 bits per heavy atom. The van der Waals surface area contributed by atoms with Crippen LogP contribution >= 0.6 is 0 Å². The van der Waals surface area contributed by atoms with Gasteiger partial charge in [-0.15, -0.1) is 0 Å². The topological polar surface area (TPSA) is 86.0 Å². The molecule has 1 fully saturated rings. The average Bonchev–Trinajstić information content (AvgIpc) is 2.91. The number of methoxy groups -OCH3 is 1. The van der Waals surface area contributed by atoms with E-state index in [4.69, 9.17) is 10.5 Å². The molecule has 1 aliphatic rings. The number of anilines is 2. The Bertz CT molecular complexity index is 356. The Balaban J connectivity index is 1.97. The Kier molecular flexibility index (Phi) is 2.57. The third kappa shape index (κ3) is 2.45. The molecule has 0 spiro atoms. The zero-order valence-corrected chi connectivity index (χ0v) is 8.90. The molecule has 6 nitrogen and oxygen atoms in total. The van der Waals surface area contributed by atoms with Gasteiger partial charge in [-0.05, 0) is 18.3 Å². The molecule has 0 aliphatic heterocycles. The first-order valence-corrected chi connectivity index (χ1v) is 4.98. The summed E-state index contributed by atoms with van der Waals surface area (Å²) in [7, 11) is 1.50. The molecule has 0 radical (unpaired) electrons. The fourth-order valence-corrected chi connectivity index (χ4v) is 1.45. The van der Waals surface area contributed by atoms with Gasteiger partial charge in [-0.25, -0.2) is 0 Å². The lowest BCUT2D eigenvalue weighted by Gasteiger charge is -2.05. The molecule has 2 atom stereocenters. The van der Waals surface area contributed by atoms with E-state index in [9.17, 15) is 0 Å². The molecule has 2 rings (SSSR count). The number of ether oxygens (including phenoxy) is 1. The van der Waals surface area contributed by atoms with Crippen molar-refractivity contribution in [3.05, 3.63) is 0 Å². The maximum Gasteiger partial charge on any atom is 0.322 e. The van der Waals surface area contributed by atoms with E-state index in [1.165, 1.54) is 13.5 Å². The molecule has 1 heterocycles. The van der Waals surface area contributed by atoms with Crippen molar-refractivity contribution in [1.29, 1.82) is 0 Å². The highest BCUT2D eigenvalue weighted by molar-refractivity contribution is 5.32. The Hall–Kier alpha value is -1.59. The second-order valence-corrected chi connectivity index (χ2v) is 3.86. The molecule has 1 aromatic rings. The third-order valence-electron chi connectivity index (χ3n) is 2.61. The highest BCUT2D eigenvalue weighted by atomic mass is 16.5. The summed E-state index contributed by atoms with van der Waals surface area (Å²) in [4.78, 5) is 11.8. The van der Waals surface area contributed by atoms with Crippen molar-refractivity contribution in [3.8, 4) is 6.01 Å². The first kappa shape index (κ1) is 9.95. The maximum atomic E-state index is 5.50. The van der Waals surface area contributed by atoms with Crippen molar-refractivity contribution in [3.63, 3.8) is 0 Å². The molecule has 2 unspecified atom stereocenters. The van der Waals surface area contributed by atoms with Crippen LogP contribution in [-0.4, -0.2) is 28.6 Å². The minimum absolute atomic E-state index is 0.174. The predicted octanol–water partition coefficient (Wildman–Crippen LogP) is 0.530. The van der Waals surface area contributed by atoms with Crippen LogP contribution in [0.3, 0.4) is 0 Å². The molecule has 1 saturated carbocycles. The summed E-state index contributed by atoms with van der Waals surface area (Å²) in [5, 5.41) is 3.13. The van der Waals surface area contributed by atoms with E-state index < -0.39 is 0 Å². The van der Waals surface area contributed by atoms with E-state index in [1.807, 2.05) is 0 Å². The zero-order chi connectivity index (χ0) is 10.8. The molecule has 6 heteroatoms. The molecule has 0 aromatic carbocycles. The van der Waals surface area contributed by atoms with Gasteiger partial charge < -0.3 is 15.8 Å². The molecule has 15 heavy (non-hydrogen) atoms. The second-order valence-electron chi connectivity index (χ2n) is 3.86. The summed E-state index contributed by atoms with van der Waals surface area (Å²) in [5.41, 5.74) is 5.50. The number of nitrogens with two attached hydrogens (primary N) is 1. The summed E-state index contributed by atoms with van der Waals surface area (Å²) >= 11 is 0. The summed E-state index contributed by atoms with van der Waals surface area (Å²) in [6.07, 6.45) is 1.27. The molecule has 0 amide bonds. The van der Waals surface area contributed by atoms with Crippen LogP contribution in [0.25, 0.3) is 0 Å². The van der Waals surface area contributed by atoms with Crippen LogP contribution in [0, 0.1) is 11.8 Å². The molecule has 3 N–H and O–H groups in total. The molecule has 0 saturated heterocycles. The minimum atomic E-state index is 0.174. The lowest BCUT2D eigenvalue weighted by molar-refractivity contribution is 0.379. The monoisotopic (exact) mass is 209 g/mol. The van der Waals surface area contributed by atoms with Gasteiger partial charge in [-0.1, -0.05) is 6.92 Å². The van der Waals surface area contributed by atoms with E-state index in [2.05, 4.69) is 27.2 Å². The summed E-state index contributed by atoms with van der Waals surface area (Å²) in [5.74, 6) is 2.19. The second kappa shape index (κ2) is 3.88. The van der Waals surface area contributed by atoms with Crippen molar-refractivity contribution in [2.24, 2.45) is 11.8 Å². The number of nitrogen functional groups attached to an aromatic ring is 1. The van der Waals surface area contributed by atoms with Gasteiger partial charge in [0.05, 0.1) is 7.11 Å². The summed E-state index contributed by atoms with van der Waals surface area (Å²) in [6, 6.07) is 0.244. The quantitative estimate of drug-likeness (QED) is 0.752. The SMILES string of the molecule is COc1nc(N)nc(NCC2CC2C)n1. The van der Waals surface area contributed by atoms with Crippen molar-refractivity contribution in [2.45, 2.75) is 13.3 Å². The smallest absolute Gasteiger partial charge is 0.322 e. The van der Waals surface area contributed by atoms with E-state index >= 15 is 0 Å². The highest BCUT2D eigenvalue weighted by Gasteiger charge is 2.32. The van der Waals surface area contributed by atoms with Crippen LogP contribution in [0.1, 0.15) is 13.3 Å². The summed E-state index contributed by atoms with van der Waals surface area (Å²) in [6.45, 7) is 3.11. The fraction of sp³-hybridized carbons (Fsp3) is 0.667. The number of hydrogen-bond acceptors (Lipinski definition) is 6. The number of nitrogens with one attached hydrogen (secondary N) is 1. The van der Waals surface area contributed by atoms with Crippen molar-refractivity contribution >= 4 is 11.9 Å². The van der Waals surface area contributed by atoms with Crippen LogP contribution in [0.15, 0.2) is 0 Å². The standard InChI is InChI=1S/C9H15N5O/c1-5-3-6(5)4-11-8-12-7(10)13-9(14-8)15-2/h5-6H,3-4H2,1-2H3,(H3,10,11,12,13,14). The van der Waals surface area contributed by atoms with Crippen LogP contribution in [-0.2, 0) is 0 Å². The third-order valence-corrected chi connectivity index (χ3v) is 2.61. The van der Waals surface area contributed by atoms with Gasteiger partial charge in [-0.3, -0.25) is 0 Å². The average molecular weight is 209 g/mol. The van der Waals surface area contributed by atoms with E-state index in [0.29, 0.717) is 5.95 Å². The lowest BCUT2D eigenvalue weighted by Crippen LogP contribution is -2.10. The van der Waals surface area contributed by atoms with Gasteiger partial charge in [0, 0.05) is 6.54 Å². The van der Waals surface area contributed by atoms with Gasteiger partial charge in [0.15, 0.2) is 0 Å². The Labute approximate surface area is 88.3 Å². The zero-order valence-electron chi connectivity index (χ0n) is 8.90. The Morgan fingerprint density at radius 3 is 2.80 bits per heavy atom. The van der Waals surface area contributed by atoms with Crippen molar-refractivity contribution in [1.82, 2.24) is 15.0 Å². The maximum absolute atomic E-state index is 5.50. The number of nitrogens with zero attached hydrogens (tertiary/aromatic N) is 3. The van der Waals surface area contributed by atoms with E-state index in [0.717, 1.165) is 18.4 Å². The Morgan fingerprint density at radius 1 is 1.47 bits per heavy atom. The van der Waals surface area contributed by atoms with Gasteiger partial charge in [0.2, 0.25) is 11.9 Å². The molecule has 82 valence electrons. The lowest BCUT2D eigenvalue weighted by atomic mass is 10.3.